The number of rotatable bonds is 9. The number of nitrogens with zero attached hydrogens (tertiary/aromatic N) is 3. The molecular formula is C28H29F2N7O3. The highest BCUT2D eigenvalue weighted by molar-refractivity contribution is 5.82. The first kappa shape index (κ1) is 27.3. The predicted octanol–water partition coefficient (Wildman–Crippen LogP) is 3.55. The number of nitrogens with one attached hydrogen (secondary N) is 3. The fourth-order valence-corrected chi connectivity index (χ4v) is 4.17. The van der Waals surface area contributed by atoms with Gasteiger partial charge in [-0.15, -0.1) is 0 Å². The minimum Gasteiger partial charge on any atom is -0.354 e. The van der Waals surface area contributed by atoms with Gasteiger partial charge < -0.3 is 30.8 Å². The molecular weight excluding hydrogens is 520 g/mol. The lowest BCUT2D eigenvalue weighted by Gasteiger charge is -2.35. The van der Waals surface area contributed by atoms with Crippen molar-refractivity contribution in [3.63, 3.8) is 0 Å². The molecule has 2 aromatic heterocycles. The van der Waals surface area contributed by atoms with Crippen LogP contribution in [-0.2, 0) is 20.8 Å². The van der Waals surface area contributed by atoms with E-state index in [0.29, 0.717) is 54.1 Å². The molecule has 1 saturated heterocycles. The first-order chi connectivity index (χ1) is 19.3. The number of hydrogen-bond donors (Lipinski definition) is 4. The molecule has 40 heavy (non-hydrogen) atoms. The summed E-state index contributed by atoms with van der Waals surface area (Å²) < 4.78 is 38.7. The first-order valence-electron chi connectivity index (χ1n) is 12.7. The maximum absolute atomic E-state index is 13.7. The molecule has 2 aromatic carbocycles. The number of carbonyl (C=O) groups is 1. The van der Waals surface area contributed by atoms with Crippen molar-refractivity contribution in [2.45, 2.75) is 19.8 Å². The molecule has 1 aliphatic heterocycles. The number of H-pyrrole nitrogens is 1. The van der Waals surface area contributed by atoms with Crippen LogP contribution in [0.5, 0.6) is 0 Å². The molecule has 0 atom stereocenters. The van der Waals surface area contributed by atoms with Crippen LogP contribution in [-0.4, -0.2) is 52.1 Å². The lowest BCUT2D eigenvalue weighted by atomic mass is 9.91. The molecule has 0 radical (unpaired) electrons. The quantitative estimate of drug-likeness (QED) is 0.249. The van der Waals surface area contributed by atoms with Crippen LogP contribution in [0.4, 0.5) is 14.7 Å². The maximum Gasteiger partial charge on any atom is 0.230 e. The summed E-state index contributed by atoms with van der Waals surface area (Å²) in [5.74, 6) is -0.159. The molecule has 0 spiro atoms. The molecule has 10 nitrogen and oxygen atoms in total. The summed E-state index contributed by atoms with van der Waals surface area (Å²) in [5, 5.41) is 5.91. The number of aromatic amines is 1. The lowest BCUT2D eigenvalue weighted by molar-refractivity contribution is -0.231. The van der Waals surface area contributed by atoms with Gasteiger partial charge in [0.15, 0.2) is 5.82 Å². The van der Waals surface area contributed by atoms with Crippen LogP contribution in [0.2, 0.25) is 0 Å². The molecule has 208 valence electrons. The number of ether oxygens (including phenoxy) is 2. The Hall–Kier alpha value is -4.26. The topological polar surface area (TPSA) is 140 Å². The van der Waals surface area contributed by atoms with Gasteiger partial charge in [-0.25, -0.2) is 23.7 Å². The summed E-state index contributed by atoms with van der Waals surface area (Å²) >= 11 is 0. The Kier molecular flexibility index (Phi) is 8.10. The van der Waals surface area contributed by atoms with Gasteiger partial charge >= 0.3 is 0 Å². The van der Waals surface area contributed by atoms with Crippen LogP contribution in [0.3, 0.4) is 0 Å². The highest BCUT2D eigenvalue weighted by Gasteiger charge is 2.40. The molecule has 1 fully saturated rings. The van der Waals surface area contributed by atoms with Gasteiger partial charge in [0.2, 0.25) is 18.1 Å². The summed E-state index contributed by atoms with van der Waals surface area (Å²) in [6, 6.07) is 13.8. The second-order valence-corrected chi connectivity index (χ2v) is 9.66. The number of anilines is 1. The highest BCUT2D eigenvalue weighted by atomic mass is 19.1. The number of halogens is 2. The predicted molar refractivity (Wildman–Crippen MR) is 144 cm³/mol. The Morgan fingerprint density at radius 1 is 1.05 bits per heavy atom. The standard InChI is InChI=1S/C28H29F2N7O3/c1-28(26(38)32-13-11-31)15-39-25(40-16-28)24-36-22(18-4-8-20(30)9-5-18)23(37-24)21-10-12-33-27(35-21)34-14-17-2-6-19(29)7-3-17/h2-10,12,25H,11,13-16,31H2,1H3,(H,32,38)(H,36,37)(H,33,34,35). The fourth-order valence-electron chi connectivity index (χ4n) is 4.17. The Balaban J connectivity index is 1.40. The van der Waals surface area contributed by atoms with E-state index >= 15 is 0 Å². The number of carbonyl (C=O) groups excluding carboxylic acids is 1. The number of hydrogen-bond acceptors (Lipinski definition) is 8. The number of imidazole rings is 1. The molecule has 3 heterocycles. The van der Waals surface area contributed by atoms with Crippen LogP contribution in [0.1, 0.15) is 24.6 Å². The minimum atomic E-state index is -0.876. The Morgan fingerprint density at radius 2 is 1.73 bits per heavy atom. The molecule has 1 aliphatic rings. The van der Waals surface area contributed by atoms with Gasteiger partial charge in [-0.2, -0.15) is 0 Å². The van der Waals surface area contributed by atoms with E-state index in [2.05, 4.69) is 25.6 Å². The third-order valence-electron chi connectivity index (χ3n) is 6.42. The Labute approximate surface area is 229 Å². The number of amides is 1. The van der Waals surface area contributed by atoms with Crippen molar-refractivity contribution in [2.75, 3.05) is 31.6 Å². The molecule has 0 bridgehead atoms. The molecule has 0 aliphatic carbocycles. The van der Waals surface area contributed by atoms with Gasteiger partial charge in [-0.05, 0) is 55.0 Å². The van der Waals surface area contributed by atoms with E-state index in [9.17, 15) is 13.6 Å². The van der Waals surface area contributed by atoms with Crippen molar-refractivity contribution in [3.05, 3.63) is 83.8 Å². The van der Waals surface area contributed by atoms with Crippen molar-refractivity contribution in [2.24, 2.45) is 11.1 Å². The largest absolute Gasteiger partial charge is 0.354 e. The zero-order valence-electron chi connectivity index (χ0n) is 21.8. The number of benzene rings is 2. The van der Waals surface area contributed by atoms with Gasteiger partial charge in [0.1, 0.15) is 11.6 Å². The number of aromatic nitrogens is 4. The normalized spacial score (nSPS) is 18.9. The van der Waals surface area contributed by atoms with Crippen LogP contribution >= 0.6 is 0 Å². The van der Waals surface area contributed by atoms with E-state index < -0.39 is 11.7 Å². The van der Waals surface area contributed by atoms with Crippen LogP contribution in [0.15, 0.2) is 60.8 Å². The lowest BCUT2D eigenvalue weighted by Crippen LogP contribution is -2.49. The third-order valence-corrected chi connectivity index (χ3v) is 6.42. The SMILES string of the molecule is CC1(C(=O)NCCN)COC(c2nc(-c3ccc(F)cc3)c(-c3ccnc(NCc4ccc(F)cc4)n3)[nH]2)OC1. The Morgan fingerprint density at radius 3 is 2.40 bits per heavy atom. The number of nitrogens with two attached hydrogens (primary N) is 1. The Bertz CT molecular complexity index is 1450. The average molecular weight is 550 g/mol. The first-order valence-corrected chi connectivity index (χ1v) is 12.7. The summed E-state index contributed by atoms with van der Waals surface area (Å²) in [4.78, 5) is 29.4. The summed E-state index contributed by atoms with van der Waals surface area (Å²) in [7, 11) is 0. The van der Waals surface area contributed by atoms with E-state index in [0.717, 1.165) is 5.56 Å². The summed E-state index contributed by atoms with van der Waals surface area (Å²) in [6.07, 6.45) is 0.741. The van der Waals surface area contributed by atoms with Gasteiger partial charge in [0.25, 0.3) is 0 Å². The van der Waals surface area contributed by atoms with Crippen molar-refractivity contribution >= 4 is 11.9 Å². The van der Waals surface area contributed by atoms with Crippen LogP contribution in [0, 0.1) is 17.0 Å². The van der Waals surface area contributed by atoms with Crippen LogP contribution < -0.4 is 16.4 Å². The van der Waals surface area contributed by atoms with Crippen molar-refractivity contribution in [1.82, 2.24) is 25.3 Å². The van der Waals surface area contributed by atoms with Crippen molar-refractivity contribution < 1.29 is 23.0 Å². The monoisotopic (exact) mass is 549 g/mol. The van der Waals surface area contributed by atoms with Gasteiger partial charge in [0.05, 0.1) is 35.7 Å². The zero-order chi connectivity index (χ0) is 28.1. The maximum atomic E-state index is 13.7. The summed E-state index contributed by atoms with van der Waals surface area (Å²) in [5.41, 5.74) is 7.72. The molecule has 1 amide bonds. The molecule has 12 heteroatoms. The van der Waals surface area contributed by atoms with Crippen molar-refractivity contribution in [1.29, 1.82) is 0 Å². The van der Waals surface area contributed by atoms with E-state index in [1.54, 1.807) is 43.5 Å². The molecule has 5 rings (SSSR count). The van der Waals surface area contributed by atoms with Crippen molar-refractivity contribution in [3.8, 4) is 22.6 Å². The second-order valence-electron chi connectivity index (χ2n) is 9.66. The molecule has 4 aromatic rings. The zero-order valence-corrected chi connectivity index (χ0v) is 21.8. The summed E-state index contributed by atoms with van der Waals surface area (Å²) in [6.45, 7) is 3.07. The molecule has 0 unspecified atom stereocenters. The van der Waals surface area contributed by atoms with E-state index in [-0.39, 0.29) is 30.8 Å². The highest BCUT2D eigenvalue weighted by Crippen LogP contribution is 2.35. The van der Waals surface area contributed by atoms with Gasteiger partial charge in [0, 0.05) is 31.4 Å². The molecule has 5 N–H and O–H groups in total. The fraction of sp³-hybridized carbons (Fsp3) is 0.286. The van der Waals surface area contributed by atoms with E-state index in [4.69, 9.17) is 20.2 Å². The van der Waals surface area contributed by atoms with Gasteiger partial charge in [-0.1, -0.05) is 12.1 Å². The van der Waals surface area contributed by atoms with E-state index in [1.165, 1.54) is 24.3 Å². The second kappa shape index (κ2) is 11.9. The molecule has 0 saturated carbocycles. The smallest absolute Gasteiger partial charge is 0.230 e. The minimum absolute atomic E-state index is 0.112. The van der Waals surface area contributed by atoms with Gasteiger partial charge in [-0.3, -0.25) is 4.79 Å². The van der Waals surface area contributed by atoms with Crippen LogP contribution in [0.25, 0.3) is 22.6 Å². The van der Waals surface area contributed by atoms with E-state index in [1.807, 2.05) is 0 Å². The average Bonchev–Trinajstić information content (AvgIpc) is 3.42. The third kappa shape index (κ3) is 6.14.